The number of carboxylic acids is 2. The molecule has 2 aliphatic rings. The zero-order chi connectivity index (χ0) is 16.3. The van der Waals surface area contributed by atoms with Crippen molar-refractivity contribution >= 4 is 23.5 Å². The zero-order valence-electron chi connectivity index (χ0n) is 12.5. The number of nitrogens with zero attached hydrogens (tertiary/aromatic N) is 1. The van der Waals surface area contributed by atoms with Crippen LogP contribution in [-0.4, -0.2) is 57.2 Å². The number of alkyl halides is 2. The van der Waals surface area contributed by atoms with Gasteiger partial charge in [-0.1, -0.05) is 0 Å². The van der Waals surface area contributed by atoms with E-state index in [9.17, 15) is 24.2 Å². The van der Waals surface area contributed by atoms with E-state index in [1.54, 1.807) is 4.90 Å². The van der Waals surface area contributed by atoms with Gasteiger partial charge < -0.3 is 10.2 Å². The third-order valence-corrected chi connectivity index (χ3v) is 5.30. The summed E-state index contributed by atoms with van der Waals surface area (Å²) in [6.45, 7) is -0.191. The summed E-state index contributed by atoms with van der Waals surface area (Å²) < 4.78 is 13.3. The van der Waals surface area contributed by atoms with Crippen LogP contribution < -0.4 is 0 Å². The lowest BCUT2D eigenvalue weighted by atomic mass is 9.81. The molecule has 0 aromatic rings. The first-order chi connectivity index (χ1) is 10.4. The fraction of sp³-hybridized carbons (Fsp3) is 0.867. The highest BCUT2D eigenvalue weighted by atomic mass is 35.5. The number of rotatable bonds is 5. The number of carboxylic acid groups (broad SMARTS) is 2. The van der Waals surface area contributed by atoms with Gasteiger partial charge in [-0.15, -0.1) is 11.6 Å². The van der Waals surface area contributed by atoms with Gasteiger partial charge in [0.1, 0.15) is 6.17 Å². The Morgan fingerprint density at radius 1 is 1.09 bits per heavy atom. The number of halogens is 2. The van der Waals surface area contributed by atoms with E-state index in [4.69, 9.17) is 11.6 Å². The first-order valence-electron chi connectivity index (χ1n) is 7.87. The van der Waals surface area contributed by atoms with E-state index < -0.39 is 24.0 Å². The molecule has 2 fully saturated rings. The molecule has 126 valence electrons. The summed E-state index contributed by atoms with van der Waals surface area (Å²) in [5.41, 5.74) is 0. The van der Waals surface area contributed by atoms with E-state index in [1.165, 1.54) is 0 Å². The lowest BCUT2D eigenvalue weighted by molar-refractivity contribution is -0.150. The predicted molar refractivity (Wildman–Crippen MR) is 79.9 cm³/mol. The Labute approximate surface area is 134 Å². The third kappa shape index (κ3) is 4.32. The molecular weight excluding hydrogens is 313 g/mol. The van der Waals surface area contributed by atoms with Gasteiger partial charge in [-0.25, -0.2) is 4.39 Å². The van der Waals surface area contributed by atoms with Crippen LogP contribution in [0.3, 0.4) is 0 Å². The van der Waals surface area contributed by atoms with Crippen LogP contribution in [0, 0.1) is 5.92 Å². The second kappa shape index (κ2) is 7.59. The summed E-state index contributed by atoms with van der Waals surface area (Å²) in [6, 6.07) is -0.383. The topological polar surface area (TPSA) is 77.8 Å². The van der Waals surface area contributed by atoms with Crippen molar-refractivity contribution in [2.24, 2.45) is 5.92 Å². The van der Waals surface area contributed by atoms with Crippen LogP contribution in [0.5, 0.6) is 0 Å². The summed E-state index contributed by atoms with van der Waals surface area (Å²) >= 11 is 6.09. The maximum Gasteiger partial charge on any atom is 0.317 e. The van der Waals surface area contributed by atoms with Crippen LogP contribution in [0.4, 0.5) is 4.39 Å². The number of hydrogen-bond acceptors (Lipinski definition) is 3. The van der Waals surface area contributed by atoms with Gasteiger partial charge in [0.2, 0.25) is 0 Å². The van der Waals surface area contributed by atoms with E-state index in [0.29, 0.717) is 44.9 Å². The molecule has 0 saturated heterocycles. The molecule has 0 aromatic heterocycles. The van der Waals surface area contributed by atoms with Gasteiger partial charge in [-0.2, -0.15) is 0 Å². The predicted octanol–water partition coefficient (Wildman–Crippen LogP) is 2.51. The van der Waals surface area contributed by atoms with E-state index in [2.05, 4.69) is 0 Å². The summed E-state index contributed by atoms with van der Waals surface area (Å²) in [6.07, 6.45) is 2.81. The lowest BCUT2D eigenvalue weighted by Gasteiger charge is -2.44. The Kier molecular flexibility index (Phi) is 6.03. The maximum absolute atomic E-state index is 13.3. The molecule has 0 aliphatic heterocycles. The molecule has 2 N–H and O–H groups in total. The molecule has 2 rings (SSSR count). The van der Waals surface area contributed by atoms with Gasteiger partial charge in [0.25, 0.3) is 0 Å². The number of carbonyl (C=O) groups is 2. The zero-order valence-corrected chi connectivity index (χ0v) is 13.2. The minimum atomic E-state index is -0.973. The van der Waals surface area contributed by atoms with Crippen molar-refractivity contribution in [2.45, 2.75) is 68.6 Å². The van der Waals surface area contributed by atoms with Crippen molar-refractivity contribution < 1.29 is 24.2 Å². The maximum atomic E-state index is 13.3. The summed E-state index contributed by atoms with van der Waals surface area (Å²) in [7, 11) is 0. The molecule has 2 aliphatic carbocycles. The largest absolute Gasteiger partial charge is 0.481 e. The van der Waals surface area contributed by atoms with Gasteiger partial charge in [0.05, 0.1) is 12.5 Å². The SMILES string of the molecule is O=C(O)CN(C1CCC(F)CC1)C1CCC(Cl)CC1C(=O)O. The van der Waals surface area contributed by atoms with Gasteiger partial charge in [-0.05, 0) is 44.9 Å². The van der Waals surface area contributed by atoms with Crippen LogP contribution >= 0.6 is 11.6 Å². The van der Waals surface area contributed by atoms with E-state index in [1.807, 2.05) is 0 Å². The minimum absolute atomic E-state index is 0.0539. The van der Waals surface area contributed by atoms with E-state index in [-0.39, 0.29) is 24.0 Å². The highest BCUT2D eigenvalue weighted by Crippen LogP contribution is 2.35. The molecule has 3 unspecified atom stereocenters. The Hall–Kier alpha value is -0.880. The number of aliphatic carboxylic acids is 2. The molecule has 0 bridgehead atoms. The fourth-order valence-corrected chi connectivity index (χ4v) is 4.12. The van der Waals surface area contributed by atoms with Crippen molar-refractivity contribution in [3.63, 3.8) is 0 Å². The molecule has 0 heterocycles. The van der Waals surface area contributed by atoms with E-state index >= 15 is 0 Å². The van der Waals surface area contributed by atoms with Crippen molar-refractivity contribution in [2.75, 3.05) is 6.54 Å². The second-order valence-corrected chi connectivity index (χ2v) is 7.01. The van der Waals surface area contributed by atoms with Gasteiger partial charge in [0, 0.05) is 17.5 Å². The molecule has 0 radical (unpaired) electrons. The Bertz CT molecular complexity index is 414. The summed E-state index contributed by atoms with van der Waals surface area (Å²) in [5, 5.41) is 18.5. The van der Waals surface area contributed by atoms with Crippen LogP contribution in [0.25, 0.3) is 0 Å². The highest BCUT2D eigenvalue weighted by Gasteiger charge is 2.41. The Morgan fingerprint density at radius 2 is 1.73 bits per heavy atom. The van der Waals surface area contributed by atoms with Crippen LogP contribution in [0.2, 0.25) is 0 Å². The smallest absolute Gasteiger partial charge is 0.317 e. The second-order valence-electron chi connectivity index (χ2n) is 6.39. The Balaban J connectivity index is 2.15. The number of hydrogen-bond donors (Lipinski definition) is 2. The molecule has 2 saturated carbocycles. The quantitative estimate of drug-likeness (QED) is 0.755. The first kappa shape index (κ1) is 17.5. The van der Waals surface area contributed by atoms with Gasteiger partial charge >= 0.3 is 11.9 Å². The molecule has 0 amide bonds. The average Bonchev–Trinajstić information content (AvgIpc) is 2.45. The molecule has 22 heavy (non-hydrogen) atoms. The minimum Gasteiger partial charge on any atom is -0.481 e. The van der Waals surface area contributed by atoms with Gasteiger partial charge in [0.15, 0.2) is 0 Å². The highest BCUT2D eigenvalue weighted by molar-refractivity contribution is 6.20. The van der Waals surface area contributed by atoms with Crippen molar-refractivity contribution in [1.29, 1.82) is 0 Å². The first-order valence-corrected chi connectivity index (χ1v) is 8.30. The van der Waals surface area contributed by atoms with Crippen molar-refractivity contribution in [3.8, 4) is 0 Å². The van der Waals surface area contributed by atoms with Crippen molar-refractivity contribution in [1.82, 2.24) is 4.90 Å². The third-order valence-electron chi connectivity index (χ3n) is 4.91. The lowest BCUT2D eigenvalue weighted by Crippen LogP contribution is -2.54. The average molecular weight is 336 g/mol. The monoisotopic (exact) mass is 335 g/mol. The molecule has 0 spiro atoms. The summed E-state index contributed by atoms with van der Waals surface area (Å²) in [5.74, 6) is -2.55. The molecule has 5 nitrogen and oxygen atoms in total. The van der Waals surface area contributed by atoms with Gasteiger partial charge in [-0.3, -0.25) is 14.5 Å². The summed E-state index contributed by atoms with van der Waals surface area (Å²) in [4.78, 5) is 24.5. The fourth-order valence-electron chi connectivity index (χ4n) is 3.81. The van der Waals surface area contributed by atoms with Crippen LogP contribution in [0.1, 0.15) is 44.9 Å². The van der Waals surface area contributed by atoms with Crippen LogP contribution in [0.15, 0.2) is 0 Å². The van der Waals surface area contributed by atoms with E-state index in [0.717, 1.165) is 0 Å². The van der Waals surface area contributed by atoms with Crippen molar-refractivity contribution in [3.05, 3.63) is 0 Å². The standard InChI is InChI=1S/C15H23ClFNO4/c16-9-1-6-13(12(7-9)15(21)22)18(8-14(19)20)11-4-2-10(17)3-5-11/h9-13H,1-8H2,(H,19,20)(H,21,22). The Morgan fingerprint density at radius 3 is 2.27 bits per heavy atom. The van der Waals surface area contributed by atoms with Crippen LogP contribution in [-0.2, 0) is 9.59 Å². The molecule has 7 heteroatoms. The molecule has 3 atom stereocenters. The normalized spacial score (nSPS) is 36.2. The molecule has 0 aromatic carbocycles. The molecular formula is C15H23ClFNO4.